The molecule has 1 N–H and O–H groups in total. The van der Waals surface area contributed by atoms with Gasteiger partial charge in [0, 0.05) is 38.6 Å². The van der Waals surface area contributed by atoms with Gasteiger partial charge in [0.1, 0.15) is 17.5 Å². The molecule has 2 aromatic heterocycles. The number of nitrogens with zero attached hydrogens (tertiary/aromatic N) is 4. The van der Waals surface area contributed by atoms with Crippen LogP contribution in [0.15, 0.2) is 30.6 Å². The second kappa shape index (κ2) is 6.13. The summed E-state index contributed by atoms with van der Waals surface area (Å²) in [5.41, 5.74) is 1.21. The van der Waals surface area contributed by atoms with Crippen molar-refractivity contribution in [2.75, 3.05) is 23.8 Å². The zero-order valence-electron chi connectivity index (χ0n) is 11.6. The van der Waals surface area contributed by atoms with Crippen LogP contribution in [0.1, 0.15) is 18.3 Å². The number of anilines is 2. The van der Waals surface area contributed by atoms with Crippen molar-refractivity contribution in [1.29, 1.82) is 0 Å². The zero-order valence-corrected chi connectivity index (χ0v) is 11.6. The van der Waals surface area contributed by atoms with Crippen molar-refractivity contribution < 1.29 is 0 Å². The minimum Gasteiger partial charge on any atom is -0.370 e. The summed E-state index contributed by atoms with van der Waals surface area (Å²) in [6.45, 7) is 5.61. The topological polar surface area (TPSA) is 53.9 Å². The van der Waals surface area contributed by atoms with Crippen LogP contribution in [0.3, 0.4) is 0 Å². The summed E-state index contributed by atoms with van der Waals surface area (Å²) in [6, 6.07) is 5.99. The highest BCUT2D eigenvalue weighted by Crippen LogP contribution is 2.16. The number of aromatic nitrogens is 3. The van der Waals surface area contributed by atoms with Crippen LogP contribution in [0.2, 0.25) is 0 Å². The third-order valence-electron chi connectivity index (χ3n) is 2.74. The number of rotatable bonds is 5. The standard InChI is InChI=1S/C14H19N5/c1-4-16-13-9-14(18-11(2)17-13)19(3)10-12-5-7-15-8-6-12/h5-9H,4,10H2,1-3H3,(H,16,17,18). The maximum Gasteiger partial charge on any atom is 0.134 e. The van der Waals surface area contributed by atoms with Crippen molar-refractivity contribution in [3.63, 3.8) is 0 Å². The molecule has 2 rings (SSSR count). The van der Waals surface area contributed by atoms with Gasteiger partial charge in [0.15, 0.2) is 0 Å². The van der Waals surface area contributed by atoms with E-state index >= 15 is 0 Å². The van der Waals surface area contributed by atoms with E-state index in [1.807, 2.05) is 32.2 Å². The van der Waals surface area contributed by atoms with Crippen LogP contribution in [0.5, 0.6) is 0 Å². The second-order valence-corrected chi connectivity index (χ2v) is 4.40. The molecule has 5 heteroatoms. The minimum absolute atomic E-state index is 0.773. The molecule has 2 heterocycles. The van der Waals surface area contributed by atoms with Crippen LogP contribution in [0.4, 0.5) is 11.6 Å². The first kappa shape index (κ1) is 13.3. The van der Waals surface area contributed by atoms with Crippen molar-refractivity contribution >= 4 is 11.6 Å². The molecular formula is C14H19N5. The predicted octanol–water partition coefficient (Wildman–Crippen LogP) is 2.25. The smallest absolute Gasteiger partial charge is 0.134 e. The lowest BCUT2D eigenvalue weighted by molar-refractivity contribution is 0.877. The molecule has 0 amide bonds. The lowest BCUT2D eigenvalue weighted by Gasteiger charge is -2.19. The van der Waals surface area contributed by atoms with E-state index in [2.05, 4.69) is 32.1 Å². The summed E-state index contributed by atoms with van der Waals surface area (Å²) in [5.74, 6) is 2.56. The average molecular weight is 257 g/mol. The van der Waals surface area contributed by atoms with Crippen LogP contribution in [-0.2, 0) is 6.54 Å². The fourth-order valence-corrected chi connectivity index (χ4v) is 1.86. The van der Waals surface area contributed by atoms with Crippen LogP contribution in [-0.4, -0.2) is 28.5 Å². The van der Waals surface area contributed by atoms with Gasteiger partial charge in [-0.1, -0.05) is 0 Å². The van der Waals surface area contributed by atoms with Crippen LogP contribution in [0, 0.1) is 6.92 Å². The zero-order chi connectivity index (χ0) is 13.7. The van der Waals surface area contributed by atoms with E-state index in [1.54, 1.807) is 12.4 Å². The van der Waals surface area contributed by atoms with Gasteiger partial charge in [-0.2, -0.15) is 0 Å². The monoisotopic (exact) mass is 257 g/mol. The number of pyridine rings is 1. The second-order valence-electron chi connectivity index (χ2n) is 4.40. The van der Waals surface area contributed by atoms with E-state index < -0.39 is 0 Å². The predicted molar refractivity (Wildman–Crippen MR) is 77.3 cm³/mol. The van der Waals surface area contributed by atoms with E-state index in [-0.39, 0.29) is 0 Å². The molecule has 0 aliphatic rings. The maximum atomic E-state index is 4.47. The van der Waals surface area contributed by atoms with Gasteiger partial charge in [0.2, 0.25) is 0 Å². The van der Waals surface area contributed by atoms with Gasteiger partial charge < -0.3 is 10.2 Å². The molecule has 0 aliphatic heterocycles. The Balaban J connectivity index is 2.16. The molecule has 0 aromatic carbocycles. The van der Waals surface area contributed by atoms with Crippen molar-refractivity contribution in [3.05, 3.63) is 42.0 Å². The Morgan fingerprint density at radius 1 is 1.21 bits per heavy atom. The fourth-order valence-electron chi connectivity index (χ4n) is 1.86. The molecule has 0 saturated carbocycles. The van der Waals surface area contributed by atoms with Gasteiger partial charge in [-0.25, -0.2) is 9.97 Å². The van der Waals surface area contributed by atoms with Crippen molar-refractivity contribution in [3.8, 4) is 0 Å². The van der Waals surface area contributed by atoms with E-state index in [1.165, 1.54) is 5.56 Å². The van der Waals surface area contributed by atoms with Gasteiger partial charge >= 0.3 is 0 Å². The molecule has 0 spiro atoms. The molecule has 0 radical (unpaired) electrons. The summed E-state index contributed by atoms with van der Waals surface area (Å²) in [5, 5.41) is 3.22. The highest BCUT2D eigenvalue weighted by molar-refractivity contribution is 5.49. The van der Waals surface area contributed by atoms with Gasteiger partial charge in [-0.3, -0.25) is 4.98 Å². The van der Waals surface area contributed by atoms with Crippen molar-refractivity contribution in [2.24, 2.45) is 0 Å². The average Bonchev–Trinajstić information content (AvgIpc) is 2.39. The summed E-state index contributed by atoms with van der Waals surface area (Å²) in [7, 11) is 2.03. The Morgan fingerprint density at radius 3 is 2.63 bits per heavy atom. The van der Waals surface area contributed by atoms with Gasteiger partial charge in [-0.05, 0) is 31.5 Å². The Bertz CT molecular complexity index is 527. The SMILES string of the molecule is CCNc1cc(N(C)Cc2ccncc2)nc(C)n1. The lowest BCUT2D eigenvalue weighted by Crippen LogP contribution is -2.19. The van der Waals surface area contributed by atoms with Crippen LogP contribution >= 0.6 is 0 Å². The molecule has 19 heavy (non-hydrogen) atoms. The molecule has 5 nitrogen and oxygen atoms in total. The fraction of sp³-hybridized carbons (Fsp3) is 0.357. The number of hydrogen-bond acceptors (Lipinski definition) is 5. The number of aryl methyl sites for hydroxylation is 1. The number of hydrogen-bond donors (Lipinski definition) is 1. The molecule has 0 atom stereocenters. The van der Waals surface area contributed by atoms with E-state index in [4.69, 9.17) is 0 Å². The highest BCUT2D eigenvalue weighted by Gasteiger charge is 2.07. The molecule has 100 valence electrons. The Labute approximate surface area is 113 Å². The van der Waals surface area contributed by atoms with Gasteiger partial charge in [0.05, 0.1) is 0 Å². The first-order valence-corrected chi connectivity index (χ1v) is 6.38. The van der Waals surface area contributed by atoms with Gasteiger partial charge in [-0.15, -0.1) is 0 Å². The first-order valence-electron chi connectivity index (χ1n) is 6.38. The number of nitrogens with one attached hydrogen (secondary N) is 1. The van der Waals surface area contributed by atoms with Crippen LogP contribution < -0.4 is 10.2 Å². The van der Waals surface area contributed by atoms with Crippen molar-refractivity contribution in [2.45, 2.75) is 20.4 Å². The Morgan fingerprint density at radius 2 is 1.95 bits per heavy atom. The molecule has 0 bridgehead atoms. The first-order chi connectivity index (χ1) is 9.19. The Kier molecular flexibility index (Phi) is 4.28. The third kappa shape index (κ3) is 3.64. The summed E-state index contributed by atoms with van der Waals surface area (Å²) >= 11 is 0. The van der Waals surface area contributed by atoms with E-state index in [0.29, 0.717) is 0 Å². The highest BCUT2D eigenvalue weighted by atomic mass is 15.2. The molecule has 2 aromatic rings. The largest absolute Gasteiger partial charge is 0.370 e. The third-order valence-corrected chi connectivity index (χ3v) is 2.74. The van der Waals surface area contributed by atoms with Crippen LogP contribution in [0.25, 0.3) is 0 Å². The van der Waals surface area contributed by atoms with Gasteiger partial charge in [0.25, 0.3) is 0 Å². The van der Waals surface area contributed by atoms with Crippen molar-refractivity contribution in [1.82, 2.24) is 15.0 Å². The Hall–Kier alpha value is -2.17. The molecule has 0 aliphatic carbocycles. The van der Waals surface area contributed by atoms with E-state index in [0.717, 1.165) is 30.5 Å². The maximum absolute atomic E-state index is 4.47. The molecule has 0 saturated heterocycles. The minimum atomic E-state index is 0.773. The summed E-state index contributed by atoms with van der Waals surface area (Å²) in [4.78, 5) is 15.0. The lowest BCUT2D eigenvalue weighted by atomic mass is 10.2. The quantitative estimate of drug-likeness (QED) is 0.890. The summed E-state index contributed by atoms with van der Waals surface area (Å²) in [6.07, 6.45) is 3.61. The molecular weight excluding hydrogens is 238 g/mol. The summed E-state index contributed by atoms with van der Waals surface area (Å²) < 4.78 is 0. The normalized spacial score (nSPS) is 10.3. The molecule has 0 unspecified atom stereocenters. The molecule has 0 fully saturated rings. The van der Waals surface area contributed by atoms with E-state index in [9.17, 15) is 0 Å².